The molecule has 34 heavy (non-hydrogen) atoms. The zero-order chi connectivity index (χ0) is 24.0. The first-order chi connectivity index (χ1) is 16.5. The van der Waals surface area contributed by atoms with Gasteiger partial charge in [0.25, 0.3) is 0 Å². The summed E-state index contributed by atoms with van der Waals surface area (Å²) in [7, 11) is 1.59. The van der Waals surface area contributed by atoms with Crippen LogP contribution in [0.1, 0.15) is 69.5 Å². The first-order valence-electron chi connectivity index (χ1n) is 12.7. The molecule has 2 heterocycles. The van der Waals surface area contributed by atoms with Crippen molar-refractivity contribution in [3.8, 4) is 5.75 Å². The third kappa shape index (κ3) is 6.37. The maximum absolute atomic E-state index is 15.6. The van der Waals surface area contributed by atoms with Crippen molar-refractivity contribution in [3.05, 3.63) is 35.0 Å². The Bertz CT molecular complexity index is 932. The lowest BCUT2D eigenvalue weighted by Crippen LogP contribution is -2.42. The predicted octanol–water partition coefficient (Wildman–Crippen LogP) is 6.83. The summed E-state index contributed by atoms with van der Waals surface area (Å²) in [5, 5.41) is 12.2. The van der Waals surface area contributed by atoms with Crippen LogP contribution in [0.15, 0.2) is 24.4 Å². The Morgan fingerprint density at radius 3 is 2.76 bits per heavy atom. The molecule has 2 aromatic rings. The van der Waals surface area contributed by atoms with Gasteiger partial charge in [0, 0.05) is 29.0 Å². The summed E-state index contributed by atoms with van der Waals surface area (Å²) in [5.74, 6) is 1.91. The van der Waals surface area contributed by atoms with Crippen molar-refractivity contribution in [2.45, 2.75) is 69.2 Å². The minimum atomic E-state index is -1.21. The first-order valence-corrected chi connectivity index (χ1v) is 14.2. The summed E-state index contributed by atoms with van der Waals surface area (Å²) >= 11 is 8.56. The molecule has 2 fully saturated rings. The van der Waals surface area contributed by atoms with Crippen molar-refractivity contribution >= 4 is 34.3 Å². The molecule has 0 spiro atoms. The van der Waals surface area contributed by atoms with Crippen LogP contribution in [0.5, 0.6) is 5.75 Å². The average Bonchev–Trinajstić information content (AvgIpc) is 3.39. The summed E-state index contributed by atoms with van der Waals surface area (Å²) in [5.41, 5.74) is 0.988. The molecule has 188 valence electrons. The van der Waals surface area contributed by atoms with Gasteiger partial charge in [0.1, 0.15) is 11.9 Å². The number of methoxy groups -OCH3 is 1. The highest BCUT2D eigenvalue weighted by Crippen LogP contribution is 2.42. The molecular weight excluding hydrogens is 471 g/mol. The normalized spacial score (nSPS) is 20.1. The van der Waals surface area contributed by atoms with Crippen molar-refractivity contribution in [1.29, 1.82) is 0 Å². The molecule has 1 aliphatic heterocycles. The van der Waals surface area contributed by atoms with Gasteiger partial charge in [-0.15, -0.1) is 0 Å². The zero-order valence-corrected chi connectivity index (χ0v) is 21.9. The number of fused-ring (bicyclic) bond motifs is 1. The number of pyridine rings is 1. The SMILES string of the molecule is COc1ccc2ncc(Cl)c([C@@H](F)CCC3(CO)CCN(CCCSC4CCCC4)CC3)c2c1. The molecule has 1 N–H and O–H groups in total. The second kappa shape index (κ2) is 12.2. The number of rotatable bonds is 11. The van der Waals surface area contributed by atoms with E-state index < -0.39 is 6.17 Å². The Hall–Kier alpha value is -1.08. The Kier molecular flexibility index (Phi) is 9.36. The highest BCUT2D eigenvalue weighted by Gasteiger charge is 2.35. The zero-order valence-electron chi connectivity index (χ0n) is 20.3. The summed E-state index contributed by atoms with van der Waals surface area (Å²) in [6.45, 7) is 3.22. The largest absolute Gasteiger partial charge is 0.497 e. The molecule has 2 aliphatic rings. The lowest BCUT2D eigenvalue weighted by atomic mass is 9.74. The lowest BCUT2D eigenvalue weighted by Gasteiger charge is -2.41. The second-order valence-electron chi connectivity index (χ2n) is 10.0. The molecule has 1 aromatic heterocycles. The summed E-state index contributed by atoms with van der Waals surface area (Å²) in [4.78, 5) is 6.86. The van der Waals surface area contributed by atoms with Gasteiger partial charge >= 0.3 is 0 Å². The number of halogens is 2. The molecule has 0 radical (unpaired) electrons. The van der Waals surface area contributed by atoms with Gasteiger partial charge in [-0.05, 0) is 93.9 Å². The second-order valence-corrected chi connectivity index (χ2v) is 11.9. The van der Waals surface area contributed by atoms with Gasteiger partial charge in [-0.3, -0.25) is 4.98 Å². The van der Waals surface area contributed by atoms with E-state index in [-0.39, 0.29) is 12.0 Å². The summed E-state index contributed by atoms with van der Waals surface area (Å²) in [6, 6.07) is 5.46. The number of aromatic nitrogens is 1. The fourth-order valence-electron chi connectivity index (χ4n) is 5.52. The van der Waals surface area contributed by atoms with Crippen LogP contribution in [0.4, 0.5) is 4.39 Å². The van der Waals surface area contributed by atoms with Gasteiger partial charge in [0.2, 0.25) is 0 Å². The van der Waals surface area contributed by atoms with Crippen LogP contribution in [0, 0.1) is 5.41 Å². The number of alkyl halides is 1. The van der Waals surface area contributed by atoms with Gasteiger partial charge in [0.15, 0.2) is 0 Å². The van der Waals surface area contributed by atoms with E-state index in [0.717, 1.165) is 37.7 Å². The summed E-state index contributed by atoms with van der Waals surface area (Å²) in [6.07, 6.45) is 10.0. The molecule has 0 bridgehead atoms. The average molecular weight is 509 g/mol. The lowest BCUT2D eigenvalue weighted by molar-refractivity contribution is 0.0304. The van der Waals surface area contributed by atoms with Gasteiger partial charge in [-0.2, -0.15) is 11.8 Å². The number of thioether (sulfide) groups is 1. The highest BCUT2D eigenvalue weighted by molar-refractivity contribution is 7.99. The monoisotopic (exact) mass is 508 g/mol. The first kappa shape index (κ1) is 26.0. The molecule has 0 unspecified atom stereocenters. The van der Waals surface area contributed by atoms with Gasteiger partial charge < -0.3 is 14.7 Å². The summed E-state index contributed by atoms with van der Waals surface area (Å²) < 4.78 is 20.9. The number of piperidine rings is 1. The van der Waals surface area contributed by atoms with Crippen molar-refractivity contribution in [2.75, 3.05) is 39.1 Å². The number of nitrogens with zero attached hydrogens (tertiary/aromatic N) is 2. The molecule has 1 saturated heterocycles. The Morgan fingerprint density at radius 2 is 2.06 bits per heavy atom. The Morgan fingerprint density at radius 1 is 1.29 bits per heavy atom. The smallest absolute Gasteiger partial charge is 0.127 e. The van der Waals surface area contributed by atoms with Crippen molar-refractivity contribution < 1.29 is 14.2 Å². The molecule has 1 aliphatic carbocycles. The number of aliphatic hydroxyl groups excluding tert-OH is 1. The quantitative estimate of drug-likeness (QED) is 0.337. The van der Waals surface area contributed by atoms with Gasteiger partial charge in [-0.1, -0.05) is 24.4 Å². The topological polar surface area (TPSA) is 45.6 Å². The Balaban J connectivity index is 1.30. The highest BCUT2D eigenvalue weighted by atomic mass is 35.5. The maximum Gasteiger partial charge on any atom is 0.127 e. The van der Waals surface area contributed by atoms with E-state index in [1.807, 2.05) is 12.1 Å². The van der Waals surface area contributed by atoms with Gasteiger partial charge in [0.05, 0.1) is 17.6 Å². The van der Waals surface area contributed by atoms with Crippen molar-refractivity contribution in [3.63, 3.8) is 0 Å². The number of ether oxygens (including phenoxy) is 1. The van der Waals surface area contributed by atoms with Crippen LogP contribution >= 0.6 is 23.4 Å². The molecule has 7 heteroatoms. The van der Waals surface area contributed by atoms with Crippen LogP contribution in [0.2, 0.25) is 5.02 Å². The molecule has 1 aromatic carbocycles. The van der Waals surface area contributed by atoms with E-state index in [1.165, 1.54) is 44.1 Å². The van der Waals surface area contributed by atoms with Crippen LogP contribution < -0.4 is 4.74 Å². The van der Waals surface area contributed by atoms with Crippen molar-refractivity contribution in [2.24, 2.45) is 5.41 Å². The minimum Gasteiger partial charge on any atom is -0.497 e. The van der Waals surface area contributed by atoms with E-state index in [0.29, 0.717) is 40.1 Å². The predicted molar refractivity (Wildman–Crippen MR) is 141 cm³/mol. The van der Waals surface area contributed by atoms with Crippen LogP contribution in [0.3, 0.4) is 0 Å². The third-order valence-electron chi connectivity index (χ3n) is 7.84. The molecular formula is C27H38ClFN2O2S. The van der Waals surface area contributed by atoms with Crippen LogP contribution in [-0.4, -0.2) is 59.3 Å². The van der Waals surface area contributed by atoms with E-state index in [9.17, 15) is 5.11 Å². The molecule has 4 nitrogen and oxygen atoms in total. The molecule has 4 rings (SSSR count). The molecule has 1 atom stereocenters. The number of likely N-dealkylation sites (tertiary alicyclic amines) is 1. The number of aliphatic hydroxyl groups is 1. The van der Waals surface area contributed by atoms with E-state index in [1.54, 1.807) is 13.2 Å². The number of hydrogen-bond donors (Lipinski definition) is 1. The minimum absolute atomic E-state index is 0.115. The van der Waals surface area contributed by atoms with E-state index in [2.05, 4.69) is 21.6 Å². The third-order valence-corrected chi connectivity index (χ3v) is 9.60. The molecule has 0 amide bonds. The van der Waals surface area contributed by atoms with E-state index >= 15 is 4.39 Å². The fraction of sp³-hybridized carbons (Fsp3) is 0.667. The van der Waals surface area contributed by atoms with Crippen LogP contribution in [0.25, 0.3) is 10.9 Å². The number of benzene rings is 1. The van der Waals surface area contributed by atoms with Crippen LogP contribution in [-0.2, 0) is 0 Å². The van der Waals surface area contributed by atoms with E-state index in [4.69, 9.17) is 16.3 Å². The maximum atomic E-state index is 15.6. The molecule has 1 saturated carbocycles. The van der Waals surface area contributed by atoms with Crippen molar-refractivity contribution in [1.82, 2.24) is 9.88 Å². The fourth-order valence-corrected chi connectivity index (χ4v) is 7.09. The standard InChI is InChI=1S/C27H38ClFN2O2S/c1-33-20-7-8-25-22(17-20)26(23(28)18-30-25)24(29)9-10-27(19-32)11-14-31(15-12-27)13-4-16-34-21-5-2-3-6-21/h7-8,17-18,21,24,32H,2-6,9-16,19H2,1H3/t24-/m0/s1. The Labute approximate surface area is 212 Å². The van der Waals surface area contributed by atoms with Gasteiger partial charge in [-0.25, -0.2) is 4.39 Å². The number of hydrogen-bond acceptors (Lipinski definition) is 5.